The third kappa shape index (κ3) is 4.07. The predicted molar refractivity (Wildman–Crippen MR) is 95.9 cm³/mol. The van der Waals surface area contributed by atoms with Crippen molar-refractivity contribution in [3.05, 3.63) is 24.5 Å². The van der Waals surface area contributed by atoms with E-state index in [0.29, 0.717) is 43.0 Å². The number of carbonyl (C=O) groups excluding carboxylic acids is 1. The lowest BCUT2D eigenvalue weighted by molar-refractivity contribution is -0.142. The summed E-state index contributed by atoms with van der Waals surface area (Å²) >= 11 is 0. The van der Waals surface area contributed by atoms with Gasteiger partial charge >= 0.3 is 12.0 Å². The van der Waals surface area contributed by atoms with Crippen molar-refractivity contribution < 1.29 is 19.1 Å². The highest BCUT2D eigenvalue weighted by molar-refractivity contribution is 5.89. The smallest absolute Gasteiger partial charge is 0.320 e. The number of hydrogen-bond donors (Lipinski definition) is 3. The van der Waals surface area contributed by atoms with Gasteiger partial charge in [-0.15, -0.1) is 0 Å². The zero-order chi connectivity index (χ0) is 18.7. The van der Waals surface area contributed by atoms with E-state index in [1.807, 2.05) is 19.9 Å². The summed E-state index contributed by atoms with van der Waals surface area (Å²) < 4.78 is 7.11. The van der Waals surface area contributed by atoms with Gasteiger partial charge in [0.1, 0.15) is 11.5 Å². The zero-order valence-corrected chi connectivity index (χ0v) is 14.9. The van der Waals surface area contributed by atoms with E-state index in [4.69, 9.17) is 9.52 Å². The average molecular weight is 360 g/mol. The van der Waals surface area contributed by atoms with Gasteiger partial charge in [-0.3, -0.25) is 10.1 Å². The van der Waals surface area contributed by atoms with E-state index >= 15 is 0 Å². The molecule has 2 heterocycles. The Morgan fingerprint density at radius 2 is 2.04 bits per heavy atom. The molecule has 140 valence electrons. The molecule has 1 aliphatic rings. The van der Waals surface area contributed by atoms with Gasteiger partial charge in [-0.1, -0.05) is 0 Å². The summed E-state index contributed by atoms with van der Waals surface area (Å²) in [6, 6.07) is 5.14. The van der Waals surface area contributed by atoms with Crippen LogP contribution in [0.3, 0.4) is 0 Å². The number of anilines is 1. The van der Waals surface area contributed by atoms with E-state index in [1.54, 1.807) is 23.1 Å². The summed E-state index contributed by atoms with van der Waals surface area (Å²) in [7, 11) is 0. The SMILES string of the molecule is CC(C)n1nc(-c2ccco2)cc1NC(=O)NC1CCC(C(=O)O)CC1. The predicted octanol–water partition coefficient (Wildman–Crippen LogP) is 3.49. The van der Waals surface area contributed by atoms with Crippen LogP contribution in [-0.2, 0) is 4.79 Å². The number of carboxylic acids is 1. The minimum absolute atomic E-state index is 0.00874. The number of rotatable bonds is 5. The fourth-order valence-corrected chi connectivity index (χ4v) is 3.25. The maximum atomic E-state index is 12.4. The molecule has 0 saturated heterocycles. The molecule has 0 unspecified atom stereocenters. The van der Waals surface area contributed by atoms with Crippen molar-refractivity contribution >= 4 is 17.8 Å². The molecule has 1 saturated carbocycles. The Labute approximate surface area is 151 Å². The van der Waals surface area contributed by atoms with Crippen molar-refractivity contribution in [2.75, 3.05) is 5.32 Å². The van der Waals surface area contributed by atoms with Crippen LogP contribution in [0.5, 0.6) is 0 Å². The van der Waals surface area contributed by atoms with E-state index in [9.17, 15) is 9.59 Å². The van der Waals surface area contributed by atoms with Crippen LogP contribution in [0.4, 0.5) is 10.6 Å². The van der Waals surface area contributed by atoms with Crippen LogP contribution < -0.4 is 10.6 Å². The minimum Gasteiger partial charge on any atom is -0.481 e. The number of carbonyl (C=O) groups is 2. The van der Waals surface area contributed by atoms with Crippen LogP contribution in [0.1, 0.15) is 45.6 Å². The molecule has 1 aliphatic carbocycles. The number of aliphatic carboxylic acids is 1. The summed E-state index contributed by atoms with van der Waals surface area (Å²) in [6.45, 7) is 3.96. The van der Waals surface area contributed by atoms with Crippen LogP contribution >= 0.6 is 0 Å². The molecule has 0 bridgehead atoms. The van der Waals surface area contributed by atoms with Crippen molar-refractivity contribution in [1.29, 1.82) is 0 Å². The van der Waals surface area contributed by atoms with Crippen molar-refractivity contribution in [3.63, 3.8) is 0 Å². The van der Waals surface area contributed by atoms with E-state index in [2.05, 4.69) is 15.7 Å². The lowest BCUT2D eigenvalue weighted by atomic mass is 9.86. The number of nitrogens with zero attached hydrogens (tertiary/aromatic N) is 2. The number of aromatic nitrogens is 2. The molecule has 2 aromatic rings. The number of hydrogen-bond acceptors (Lipinski definition) is 4. The Morgan fingerprint density at radius 3 is 2.62 bits per heavy atom. The Kier molecular flexibility index (Phi) is 5.29. The third-order valence-corrected chi connectivity index (χ3v) is 4.65. The van der Waals surface area contributed by atoms with Gasteiger partial charge in [0.2, 0.25) is 0 Å². The van der Waals surface area contributed by atoms with Gasteiger partial charge in [-0.25, -0.2) is 9.48 Å². The highest BCUT2D eigenvalue weighted by Gasteiger charge is 2.27. The van der Waals surface area contributed by atoms with E-state index in [-0.39, 0.29) is 24.0 Å². The third-order valence-electron chi connectivity index (χ3n) is 4.65. The maximum absolute atomic E-state index is 12.4. The zero-order valence-electron chi connectivity index (χ0n) is 14.9. The van der Waals surface area contributed by atoms with Gasteiger partial charge in [-0.05, 0) is 51.7 Å². The first-order valence-electron chi connectivity index (χ1n) is 8.87. The summed E-state index contributed by atoms with van der Waals surface area (Å²) in [5.74, 6) is 0.177. The first kappa shape index (κ1) is 18.0. The second-order valence-electron chi connectivity index (χ2n) is 6.92. The fraction of sp³-hybridized carbons (Fsp3) is 0.500. The molecule has 2 amide bonds. The molecule has 8 nitrogen and oxygen atoms in total. The number of amides is 2. The van der Waals surface area contributed by atoms with Crippen molar-refractivity contribution in [2.24, 2.45) is 5.92 Å². The van der Waals surface area contributed by atoms with Crippen molar-refractivity contribution in [1.82, 2.24) is 15.1 Å². The van der Waals surface area contributed by atoms with Crippen LogP contribution in [0.2, 0.25) is 0 Å². The lowest BCUT2D eigenvalue weighted by Crippen LogP contribution is -2.41. The summed E-state index contributed by atoms with van der Waals surface area (Å²) in [6.07, 6.45) is 4.10. The molecule has 0 radical (unpaired) electrons. The molecular formula is C18H24N4O4. The highest BCUT2D eigenvalue weighted by Crippen LogP contribution is 2.26. The molecule has 26 heavy (non-hydrogen) atoms. The first-order chi connectivity index (χ1) is 12.4. The van der Waals surface area contributed by atoms with Gasteiger partial charge in [0.15, 0.2) is 5.76 Å². The summed E-state index contributed by atoms with van der Waals surface area (Å²) in [4.78, 5) is 23.4. The minimum atomic E-state index is -0.751. The van der Waals surface area contributed by atoms with Gasteiger partial charge in [0.05, 0.1) is 12.2 Å². The van der Waals surface area contributed by atoms with Crippen molar-refractivity contribution in [3.8, 4) is 11.5 Å². The fourth-order valence-electron chi connectivity index (χ4n) is 3.25. The molecule has 3 N–H and O–H groups in total. The van der Waals surface area contributed by atoms with Gasteiger partial charge in [-0.2, -0.15) is 5.10 Å². The van der Waals surface area contributed by atoms with Crippen LogP contribution in [0.25, 0.3) is 11.5 Å². The first-order valence-corrected chi connectivity index (χ1v) is 8.87. The lowest BCUT2D eigenvalue weighted by Gasteiger charge is -2.26. The monoisotopic (exact) mass is 360 g/mol. The van der Waals surface area contributed by atoms with Crippen molar-refractivity contribution in [2.45, 2.75) is 51.6 Å². The number of furan rings is 1. The van der Waals surface area contributed by atoms with Crippen LogP contribution in [-0.4, -0.2) is 32.9 Å². The average Bonchev–Trinajstić information content (AvgIpc) is 3.24. The summed E-state index contributed by atoms with van der Waals surface area (Å²) in [5, 5.41) is 19.3. The van der Waals surface area contributed by atoms with E-state index in [1.165, 1.54) is 0 Å². The Bertz CT molecular complexity index is 758. The second-order valence-corrected chi connectivity index (χ2v) is 6.92. The van der Waals surface area contributed by atoms with Gasteiger partial charge < -0.3 is 14.8 Å². The maximum Gasteiger partial charge on any atom is 0.320 e. The largest absolute Gasteiger partial charge is 0.481 e. The normalized spacial score (nSPS) is 20.1. The topological polar surface area (TPSA) is 109 Å². The van der Waals surface area contributed by atoms with E-state index in [0.717, 1.165) is 0 Å². The molecule has 0 spiro atoms. The standard InChI is InChI=1S/C18H24N4O4/c1-11(2)22-16(10-14(21-22)15-4-3-9-26-15)20-18(25)19-13-7-5-12(6-8-13)17(23)24/h3-4,9-13H,5-8H2,1-2H3,(H,23,24)(H2,19,20,25). The number of carboxylic acid groups (broad SMARTS) is 1. The van der Waals surface area contributed by atoms with Gasteiger partial charge in [0.25, 0.3) is 0 Å². The molecule has 1 fully saturated rings. The Hall–Kier alpha value is -2.77. The Morgan fingerprint density at radius 1 is 1.31 bits per heavy atom. The molecule has 0 atom stereocenters. The van der Waals surface area contributed by atoms with Crippen LogP contribution in [0, 0.1) is 5.92 Å². The molecule has 2 aromatic heterocycles. The Balaban J connectivity index is 1.63. The number of urea groups is 1. The molecule has 8 heteroatoms. The molecule has 3 rings (SSSR count). The quantitative estimate of drug-likeness (QED) is 0.756. The van der Waals surface area contributed by atoms with E-state index < -0.39 is 5.97 Å². The van der Waals surface area contributed by atoms with Crippen LogP contribution in [0.15, 0.2) is 28.9 Å². The highest BCUT2D eigenvalue weighted by atomic mass is 16.4. The molecule has 0 aliphatic heterocycles. The number of nitrogens with one attached hydrogen (secondary N) is 2. The molecule has 0 aromatic carbocycles. The second kappa shape index (κ2) is 7.63. The van der Waals surface area contributed by atoms with Gasteiger partial charge in [0, 0.05) is 18.2 Å². The summed E-state index contributed by atoms with van der Waals surface area (Å²) in [5.41, 5.74) is 0.654. The molecular weight excluding hydrogens is 336 g/mol.